The lowest BCUT2D eigenvalue weighted by molar-refractivity contribution is 0.244. The molecule has 0 saturated heterocycles. The molecule has 2 amide bonds. The first kappa shape index (κ1) is 20.1. The Bertz CT molecular complexity index is 1250. The third kappa shape index (κ3) is 4.16. The summed E-state index contributed by atoms with van der Waals surface area (Å²) in [5.74, 6) is 0.128. The van der Waals surface area contributed by atoms with E-state index in [1.165, 1.54) is 18.6 Å². The zero-order valence-corrected chi connectivity index (χ0v) is 17.5. The first-order chi connectivity index (χ1) is 15.7. The van der Waals surface area contributed by atoms with Crippen molar-refractivity contribution in [2.45, 2.75) is 38.1 Å². The van der Waals surface area contributed by atoms with Crippen molar-refractivity contribution in [2.75, 3.05) is 5.32 Å². The molecular weight excluding hydrogens is 407 g/mol. The zero-order valence-electron chi connectivity index (χ0n) is 17.5. The number of nitrogens with one attached hydrogen (secondary N) is 2. The summed E-state index contributed by atoms with van der Waals surface area (Å²) in [5.41, 5.74) is 3.65. The van der Waals surface area contributed by atoms with Crippen LogP contribution in [-0.2, 0) is 0 Å². The van der Waals surface area contributed by atoms with Crippen LogP contribution in [0.15, 0.2) is 60.9 Å². The molecular formula is C24H23FN6O. The van der Waals surface area contributed by atoms with E-state index in [-0.39, 0.29) is 17.9 Å². The second-order valence-electron chi connectivity index (χ2n) is 7.97. The van der Waals surface area contributed by atoms with Crippen molar-refractivity contribution in [3.63, 3.8) is 0 Å². The average molecular weight is 430 g/mol. The van der Waals surface area contributed by atoms with Gasteiger partial charge in [0.1, 0.15) is 17.3 Å². The Morgan fingerprint density at radius 2 is 1.81 bits per heavy atom. The topological polar surface area (TPSA) is 84.2 Å². The number of benzene rings is 1. The molecule has 0 unspecified atom stereocenters. The number of imidazole rings is 1. The fourth-order valence-corrected chi connectivity index (χ4v) is 4.19. The minimum absolute atomic E-state index is 0.208. The molecule has 1 saturated carbocycles. The highest BCUT2D eigenvalue weighted by Crippen LogP contribution is 2.33. The van der Waals surface area contributed by atoms with Gasteiger partial charge in [0, 0.05) is 29.6 Å². The number of rotatable bonds is 4. The summed E-state index contributed by atoms with van der Waals surface area (Å²) in [6.07, 6.45) is 8.86. The zero-order chi connectivity index (χ0) is 21.9. The van der Waals surface area contributed by atoms with Crippen LogP contribution in [0.3, 0.4) is 0 Å². The summed E-state index contributed by atoms with van der Waals surface area (Å²) >= 11 is 0. The maximum Gasteiger partial charge on any atom is 0.320 e. The van der Waals surface area contributed by atoms with Gasteiger partial charge >= 0.3 is 6.03 Å². The summed E-state index contributed by atoms with van der Waals surface area (Å²) in [6.45, 7) is 0. The molecule has 162 valence electrons. The van der Waals surface area contributed by atoms with Crippen LogP contribution in [0.2, 0.25) is 0 Å². The molecule has 0 aliphatic heterocycles. The van der Waals surface area contributed by atoms with Crippen LogP contribution in [0.25, 0.3) is 28.2 Å². The van der Waals surface area contributed by atoms with E-state index in [4.69, 9.17) is 4.98 Å². The molecule has 1 aliphatic rings. The number of halogens is 1. The summed E-state index contributed by atoms with van der Waals surface area (Å²) in [6, 6.07) is 13.5. The molecule has 32 heavy (non-hydrogen) atoms. The van der Waals surface area contributed by atoms with Gasteiger partial charge < -0.3 is 5.32 Å². The van der Waals surface area contributed by atoms with Crippen molar-refractivity contribution in [3.8, 4) is 22.5 Å². The van der Waals surface area contributed by atoms with Crippen LogP contribution in [0.4, 0.5) is 15.0 Å². The summed E-state index contributed by atoms with van der Waals surface area (Å²) in [4.78, 5) is 21.5. The molecule has 8 heteroatoms. The van der Waals surface area contributed by atoms with E-state index in [0.717, 1.165) is 42.5 Å². The highest BCUT2D eigenvalue weighted by molar-refractivity contribution is 5.90. The first-order valence-corrected chi connectivity index (χ1v) is 10.8. The van der Waals surface area contributed by atoms with Crippen molar-refractivity contribution in [3.05, 3.63) is 66.7 Å². The molecule has 0 bridgehead atoms. The summed E-state index contributed by atoms with van der Waals surface area (Å²) < 4.78 is 15.2. The number of pyridine rings is 1. The molecule has 1 fully saturated rings. The molecule has 5 rings (SSSR count). The average Bonchev–Trinajstić information content (AvgIpc) is 3.20. The van der Waals surface area contributed by atoms with Gasteiger partial charge in [0.05, 0.1) is 5.69 Å². The van der Waals surface area contributed by atoms with Crippen molar-refractivity contribution >= 4 is 17.5 Å². The Kier molecular flexibility index (Phi) is 5.49. The Morgan fingerprint density at radius 1 is 1.00 bits per heavy atom. The molecule has 1 aromatic carbocycles. The largest absolute Gasteiger partial charge is 0.335 e. The number of aromatic nitrogens is 4. The van der Waals surface area contributed by atoms with Crippen LogP contribution < -0.4 is 10.6 Å². The maximum absolute atomic E-state index is 13.5. The lowest BCUT2D eigenvalue weighted by Crippen LogP contribution is -2.39. The first-order valence-electron chi connectivity index (χ1n) is 10.8. The van der Waals surface area contributed by atoms with Gasteiger partial charge in [-0.3, -0.25) is 5.32 Å². The van der Waals surface area contributed by atoms with Gasteiger partial charge in [-0.1, -0.05) is 19.3 Å². The Hall–Kier alpha value is -3.81. The van der Waals surface area contributed by atoms with E-state index in [0.29, 0.717) is 17.2 Å². The number of carbonyl (C=O) groups excluding carboxylic acids is 1. The van der Waals surface area contributed by atoms with Crippen molar-refractivity contribution in [1.82, 2.24) is 24.9 Å². The lowest BCUT2D eigenvalue weighted by atomic mass is 9.96. The minimum Gasteiger partial charge on any atom is -0.335 e. The van der Waals surface area contributed by atoms with Crippen molar-refractivity contribution in [2.24, 2.45) is 0 Å². The van der Waals surface area contributed by atoms with E-state index in [1.807, 2.05) is 18.2 Å². The quantitative estimate of drug-likeness (QED) is 0.474. The molecule has 0 radical (unpaired) electrons. The highest BCUT2D eigenvalue weighted by atomic mass is 19.1. The third-order valence-electron chi connectivity index (χ3n) is 5.73. The number of anilines is 1. The van der Waals surface area contributed by atoms with Gasteiger partial charge in [0.15, 0.2) is 5.65 Å². The minimum atomic E-state index is -0.309. The second-order valence-corrected chi connectivity index (χ2v) is 7.97. The predicted octanol–water partition coefficient (Wildman–Crippen LogP) is 5.05. The number of amides is 2. The predicted molar refractivity (Wildman–Crippen MR) is 121 cm³/mol. The summed E-state index contributed by atoms with van der Waals surface area (Å²) in [5, 5.41) is 10.3. The number of urea groups is 1. The normalized spacial score (nSPS) is 14.4. The fraction of sp³-hybridized carbons (Fsp3) is 0.250. The van der Waals surface area contributed by atoms with Crippen LogP contribution in [0.5, 0.6) is 0 Å². The Morgan fingerprint density at radius 3 is 2.62 bits per heavy atom. The Labute approximate surface area is 184 Å². The van der Waals surface area contributed by atoms with Crippen LogP contribution in [-0.4, -0.2) is 31.7 Å². The van der Waals surface area contributed by atoms with Gasteiger partial charge in [-0.2, -0.15) is 5.10 Å². The van der Waals surface area contributed by atoms with E-state index < -0.39 is 0 Å². The second kappa shape index (κ2) is 8.74. The van der Waals surface area contributed by atoms with Crippen LogP contribution >= 0.6 is 0 Å². The maximum atomic E-state index is 13.5. The molecule has 0 spiro atoms. The standard InChI is InChI=1S/C24H23FN6O/c25-18-10-8-16(9-11-18)22-23(31-21(30-22)7-4-13-27-31)17-12-14-26-20(15-17)29-24(32)28-19-5-2-1-3-6-19/h4,7-15,19H,1-3,5-6H2,(H2,26,28,29,32). The SMILES string of the molecule is O=C(Nc1cc(-c2c(-c3ccc(F)cc3)nc3cccnn23)ccn1)NC1CCCCC1. The van der Waals surface area contributed by atoms with Crippen LogP contribution in [0.1, 0.15) is 32.1 Å². The van der Waals surface area contributed by atoms with E-state index in [2.05, 4.69) is 20.7 Å². The van der Waals surface area contributed by atoms with E-state index in [9.17, 15) is 9.18 Å². The monoisotopic (exact) mass is 430 g/mol. The Balaban J connectivity index is 1.48. The lowest BCUT2D eigenvalue weighted by Gasteiger charge is -2.22. The fourth-order valence-electron chi connectivity index (χ4n) is 4.19. The van der Waals surface area contributed by atoms with Gasteiger partial charge in [0.25, 0.3) is 0 Å². The number of fused-ring (bicyclic) bond motifs is 1. The highest BCUT2D eigenvalue weighted by Gasteiger charge is 2.19. The van der Waals surface area contributed by atoms with Crippen LogP contribution in [0, 0.1) is 5.82 Å². The van der Waals surface area contributed by atoms with Crippen molar-refractivity contribution < 1.29 is 9.18 Å². The summed E-state index contributed by atoms with van der Waals surface area (Å²) in [7, 11) is 0. The van der Waals surface area contributed by atoms with Gasteiger partial charge in [0.2, 0.25) is 0 Å². The third-order valence-corrected chi connectivity index (χ3v) is 5.73. The molecule has 7 nitrogen and oxygen atoms in total. The number of nitrogens with zero attached hydrogens (tertiary/aromatic N) is 4. The molecule has 0 atom stereocenters. The molecule has 2 N–H and O–H groups in total. The molecule has 4 aromatic rings. The molecule has 1 aliphatic carbocycles. The smallest absolute Gasteiger partial charge is 0.320 e. The number of carbonyl (C=O) groups is 1. The number of hydrogen-bond donors (Lipinski definition) is 2. The van der Waals surface area contributed by atoms with E-state index >= 15 is 0 Å². The molecule has 3 heterocycles. The van der Waals surface area contributed by atoms with Gasteiger partial charge in [-0.05, 0) is 61.4 Å². The van der Waals surface area contributed by atoms with Gasteiger partial charge in [-0.25, -0.2) is 23.7 Å². The van der Waals surface area contributed by atoms with E-state index in [1.54, 1.807) is 35.1 Å². The number of hydrogen-bond acceptors (Lipinski definition) is 4. The molecule has 3 aromatic heterocycles. The van der Waals surface area contributed by atoms with Crippen molar-refractivity contribution in [1.29, 1.82) is 0 Å². The van der Waals surface area contributed by atoms with Gasteiger partial charge in [-0.15, -0.1) is 0 Å².